The van der Waals surface area contributed by atoms with Gasteiger partial charge in [-0.2, -0.15) is 0 Å². The van der Waals surface area contributed by atoms with Crippen LogP contribution in [0.2, 0.25) is 0 Å². The third-order valence-corrected chi connectivity index (χ3v) is 5.09. The minimum atomic E-state index is -0.154. The summed E-state index contributed by atoms with van der Waals surface area (Å²) in [5, 5.41) is 3.54. The molecule has 0 aromatic heterocycles. The zero-order valence-corrected chi connectivity index (χ0v) is 12.8. The van der Waals surface area contributed by atoms with Gasteiger partial charge < -0.3 is 10.1 Å². The summed E-state index contributed by atoms with van der Waals surface area (Å²) in [5.74, 6) is 0.433. The molecule has 0 unspecified atom stereocenters. The minimum absolute atomic E-state index is 0.154. The number of nitrogens with zero attached hydrogens (tertiary/aromatic N) is 1. The summed E-state index contributed by atoms with van der Waals surface area (Å²) < 4.78 is 19.3. The van der Waals surface area contributed by atoms with Gasteiger partial charge in [0.25, 0.3) is 0 Å². The first kappa shape index (κ1) is 14.8. The second kappa shape index (κ2) is 6.32. The molecule has 1 saturated heterocycles. The van der Waals surface area contributed by atoms with Gasteiger partial charge in [-0.1, -0.05) is 25.3 Å². The highest BCUT2D eigenvalue weighted by atomic mass is 19.1. The molecule has 2 aliphatic rings. The van der Waals surface area contributed by atoms with E-state index in [-0.39, 0.29) is 11.4 Å². The standard InChI is InChI=1S/C17H25FN2O/c1-21-15-6-5-14(16(18)11-15)12-20-10-9-19-13-17(20)7-3-2-4-8-17/h5-6,11,19H,2-4,7-10,12-13H2,1H3. The number of benzene rings is 1. The van der Waals surface area contributed by atoms with Crippen molar-refractivity contribution in [3.63, 3.8) is 0 Å². The van der Waals surface area contributed by atoms with Crippen molar-refractivity contribution in [1.29, 1.82) is 0 Å². The van der Waals surface area contributed by atoms with E-state index in [1.807, 2.05) is 12.1 Å². The first-order valence-corrected chi connectivity index (χ1v) is 8.02. The smallest absolute Gasteiger partial charge is 0.131 e. The van der Waals surface area contributed by atoms with Crippen molar-refractivity contribution in [3.8, 4) is 5.75 Å². The van der Waals surface area contributed by atoms with Crippen LogP contribution in [0.3, 0.4) is 0 Å². The van der Waals surface area contributed by atoms with Crippen LogP contribution < -0.4 is 10.1 Å². The molecular formula is C17H25FN2O. The quantitative estimate of drug-likeness (QED) is 0.927. The lowest BCUT2D eigenvalue weighted by Crippen LogP contribution is -2.61. The monoisotopic (exact) mass is 292 g/mol. The van der Waals surface area contributed by atoms with Gasteiger partial charge in [0, 0.05) is 43.3 Å². The van der Waals surface area contributed by atoms with Gasteiger partial charge in [0.1, 0.15) is 11.6 Å². The Morgan fingerprint density at radius 2 is 2.10 bits per heavy atom. The molecule has 0 bridgehead atoms. The molecule has 0 atom stereocenters. The predicted molar refractivity (Wildman–Crippen MR) is 82.0 cm³/mol. The number of hydrogen-bond donors (Lipinski definition) is 1. The lowest BCUT2D eigenvalue weighted by Gasteiger charge is -2.50. The van der Waals surface area contributed by atoms with Crippen LogP contribution in [0.15, 0.2) is 18.2 Å². The van der Waals surface area contributed by atoms with Gasteiger partial charge in [-0.15, -0.1) is 0 Å². The lowest BCUT2D eigenvalue weighted by molar-refractivity contribution is 0.0201. The van der Waals surface area contributed by atoms with Crippen molar-refractivity contribution < 1.29 is 9.13 Å². The van der Waals surface area contributed by atoms with Gasteiger partial charge in [-0.25, -0.2) is 4.39 Å². The highest BCUT2D eigenvalue weighted by Crippen LogP contribution is 2.35. The molecule has 0 radical (unpaired) electrons. The summed E-state index contributed by atoms with van der Waals surface area (Å²) in [6.07, 6.45) is 6.40. The van der Waals surface area contributed by atoms with Crippen molar-refractivity contribution in [2.45, 2.75) is 44.2 Å². The van der Waals surface area contributed by atoms with E-state index in [0.717, 1.165) is 25.2 Å². The SMILES string of the molecule is COc1ccc(CN2CCNCC23CCCCC3)c(F)c1. The molecule has 1 spiro atoms. The fraction of sp³-hybridized carbons (Fsp3) is 0.647. The molecule has 1 heterocycles. The summed E-state index contributed by atoms with van der Waals surface area (Å²) in [6.45, 7) is 3.76. The number of ether oxygens (including phenoxy) is 1. The number of methoxy groups -OCH3 is 1. The molecule has 116 valence electrons. The predicted octanol–water partition coefficient (Wildman–Crippen LogP) is 2.94. The summed E-state index contributed by atoms with van der Waals surface area (Å²) in [7, 11) is 1.57. The number of piperazine rings is 1. The van der Waals surface area contributed by atoms with E-state index < -0.39 is 0 Å². The van der Waals surface area contributed by atoms with Gasteiger partial charge in [0.2, 0.25) is 0 Å². The average Bonchev–Trinajstić information content (AvgIpc) is 2.52. The zero-order valence-electron chi connectivity index (χ0n) is 12.8. The van der Waals surface area contributed by atoms with Gasteiger partial charge in [-0.05, 0) is 18.9 Å². The summed E-state index contributed by atoms with van der Waals surface area (Å²) >= 11 is 0. The van der Waals surface area contributed by atoms with E-state index in [2.05, 4.69) is 10.2 Å². The largest absolute Gasteiger partial charge is 0.497 e. The Labute approximate surface area is 126 Å². The van der Waals surface area contributed by atoms with Gasteiger partial charge in [0.05, 0.1) is 7.11 Å². The van der Waals surface area contributed by atoms with Crippen LogP contribution in [-0.4, -0.2) is 37.2 Å². The summed E-state index contributed by atoms with van der Waals surface area (Å²) in [4.78, 5) is 2.51. The minimum Gasteiger partial charge on any atom is -0.497 e. The number of rotatable bonds is 3. The molecule has 3 nitrogen and oxygen atoms in total. The average molecular weight is 292 g/mol. The Bertz CT molecular complexity index is 477. The van der Waals surface area contributed by atoms with E-state index in [1.54, 1.807) is 7.11 Å². The third kappa shape index (κ3) is 3.06. The number of hydrogen-bond acceptors (Lipinski definition) is 3. The Balaban J connectivity index is 1.78. The highest BCUT2D eigenvalue weighted by Gasteiger charge is 2.39. The third-order valence-electron chi connectivity index (χ3n) is 5.09. The van der Waals surface area contributed by atoms with Crippen molar-refractivity contribution in [3.05, 3.63) is 29.6 Å². The second-order valence-electron chi connectivity index (χ2n) is 6.34. The van der Waals surface area contributed by atoms with Crippen molar-refractivity contribution >= 4 is 0 Å². The van der Waals surface area contributed by atoms with E-state index in [1.165, 1.54) is 38.2 Å². The molecule has 0 amide bonds. The molecule has 1 N–H and O–H groups in total. The molecular weight excluding hydrogens is 267 g/mol. The Morgan fingerprint density at radius 3 is 2.81 bits per heavy atom. The summed E-state index contributed by atoms with van der Waals surface area (Å²) in [5.41, 5.74) is 1.02. The normalized spacial score (nSPS) is 22.4. The maximum absolute atomic E-state index is 14.2. The first-order valence-electron chi connectivity index (χ1n) is 8.02. The van der Waals surface area contributed by atoms with E-state index >= 15 is 0 Å². The van der Waals surface area contributed by atoms with E-state index in [0.29, 0.717) is 12.3 Å². The highest BCUT2D eigenvalue weighted by molar-refractivity contribution is 5.29. The van der Waals surface area contributed by atoms with Gasteiger partial charge >= 0.3 is 0 Å². The number of halogens is 1. The lowest BCUT2D eigenvalue weighted by atomic mass is 9.79. The molecule has 3 rings (SSSR count). The molecule has 21 heavy (non-hydrogen) atoms. The van der Waals surface area contributed by atoms with Gasteiger partial charge in [-0.3, -0.25) is 4.90 Å². The Kier molecular flexibility index (Phi) is 4.45. The maximum atomic E-state index is 14.2. The van der Waals surface area contributed by atoms with Crippen LogP contribution >= 0.6 is 0 Å². The molecule has 2 fully saturated rings. The summed E-state index contributed by atoms with van der Waals surface area (Å²) in [6, 6.07) is 5.21. The van der Waals surface area contributed by atoms with Crippen LogP contribution in [0.25, 0.3) is 0 Å². The van der Waals surface area contributed by atoms with Crippen molar-refractivity contribution in [2.24, 2.45) is 0 Å². The Hall–Kier alpha value is -1.13. The van der Waals surface area contributed by atoms with Crippen LogP contribution in [0.5, 0.6) is 5.75 Å². The molecule has 4 heteroatoms. The van der Waals surface area contributed by atoms with Crippen LogP contribution in [0.4, 0.5) is 4.39 Å². The molecule has 1 aliphatic heterocycles. The fourth-order valence-electron chi connectivity index (χ4n) is 3.82. The zero-order chi connectivity index (χ0) is 14.7. The van der Waals surface area contributed by atoms with E-state index in [4.69, 9.17) is 4.74 Å². The molecule has 1 aromatic carbocycles. The van der Waals surface area contributed by atoms with Crippen molar-refractivity contribution in [2.75, 3.05) is 26.7 Å². The molecule has 1 aromatic rings. The Morgan fingerprint density at radius 1 is 1.29 bits per heavy atom. The molecule has 1 saturated carbocycles. The maximum Gasteiger partial charge on any atom is 0.131 e. The van der Waals surface area contributed by atoms with Crippen LogP contribution in [0, 0.1) is 5.82 Å². The second-order valence-corrected chi connectivity index (χ2v) is 6.34. The first-order chi connectivity index (χ1) is 10.2. The van der Waals surface area contributed by atoms with Crippen LogP contribution in [0.1, 0.15) is 37.7 Å². The molecule has 1 aliphatic carbocycles. The fourth-order valence-corrected chi connectivity index (χ4v) is 3.82. The topological polar surface area (TPSA) is 24.5 Å². The van der Waals surface area contributed by atoms with Crippen molar-refractivity contribution in [1.82, 2.24) is 10.2 Å². The van der Waals surface area contributed by atoms with Gasteiger partial charge in [0.15, 0.2) is 0 Å². The van der Waals surface area contributed by atoms with E-state index in [9.17, 15) is 4.39 Å². The van der Waals surface area contributed by atoms with Crippen LogP contribution in [-0.2, 0) is 6.54 Å². The number of nitrogens with one attached hydrogen (secondary N) is 1.